The lowest BCUT2D eigenvalue weighted by atomic mass is 10.1. The molecule has 0 bridgehead atoms. The molecule has 0 aliphatic heterocycles. The van der Waals surface area contributed by atoms with Crippen molar-refractivity contribution in [3.05, 3.63) is 29.6 Å². The first-order valence-electron chi connectivity index (χ1n) is 6.27. The number of nitrogens with one attached hydrogen (secondary N) is 1. The Hall–Kier alpha value is -2.11. The predicted molar refractivity (Wildman–Crippen MR) is 71.3 cm³/mol. The molecule has 110 valence electrons. The van der Waals surface area contributed by atoms with Crippen LogP contribution in [0.3, 0.4) is 0 Å². The van der Waals surface area contributed by atoms with E-state index in [4.69, 9.17) is 9.84 Å². The number of amides is 1. The van der Waals surface area contributed by atoms with Crippen LogP contribution in [0.1, 0.15) is 30.1 Å². The molecule has 0 radical (unpaired) electrons. The number of rotatable bonds is 7. The fraction of sp³-hybridized carbons (Fsp3) is 0.429. The van der Waals surface area contributed by atoms with Gasteiger partial charge in [0, 0.05) is 19.0 Å². The van der Waals surface area contributed by atoms with E-state index in [1.165, 1.54) is 19.2 Å². The number of carboxylic acids is 1. The van der Waals surface area contributed by atoms with Crippen LogP contribution in [0, 0.1) is 11.7 Å². The van der Waals surface area contributed by atoms with Crippen LogP contribution in [-0.4, -0.2) is 30.6 Å². The van der Waals surface area contributed by atoms with Crippen LogP contribution >= 0.6 is 0 Å². The van der Waals surface area contributed by atoms with Gasteiger partial charge in [-0.2, -0.15) is 0 Å². The van der Waals surface area contributed by atoms with Gasteiger partial charge in [-0.25, -0.2) is 4.39 Å². The van der Waals surface area contributed by atoms with E-state index < -0.39 is 17.7 Å². The van der Waals surface area contributed by atoms with Gasteiger partial charge < -0.3 is 15.2 Å². The molecule has 6 heteroatoms. The van der Waals surface area contributed by atoms with Gasteiger partial charge in [-0.1, -0.05) is 6.92 Å². The molecule has 0 saturated heterocycles. The van der Waals surface area contributed by atoms with Crippen molar-refractivity contribution in [2.45, 2.75) is 19.8 Å². The van der Waals surface area contributed by atoms with Gasteiger partial charge in [0.15, 0.2) is 0 Å². The molecule has 0 aliphatic carbocycles. The average Bonchev–Trinajstić information content (AvgIpc) is 2.42. The van der Waals surface area contributed by atoms with E-state index in [2.05, 4.69) is 5.32 Å². The van der Waals surface area contributed by atoms with Gasteiger partial charge >= 0.3 is 5.97 Å². The predicted octanol–water partition coefficient (Wildman–Crippen LogP) is 2.07. The van der Waals surface area contributed by atoms with E-state index in [0.717, 1.165) is 6.07 Å². The van der Waals surface area contributed by atoms with E-state index in [1.807, 2.05) is 6.92 Å². The molecule has 20 heavy (non-hydrogen) atoms. The Labute approximate surface area is 116 Å². The lowest BCUT2D eigenvalue weighted by molar-refractivity contribution is -0.137. The van der Waals surface area contributed by atoms with Crippen molar-refractivity contribution in [3.63, 3.8) is 0 Å². The monoisotopic (exact) mass is 283 g/mol. The van der Waals surface area contributed by atoms with Crippen LogP contribution in [0.5, 0.6) is 5.75 Å². The third kappa shape index (κ3) is 4.87. The Balaban J connectivity index is 2.52. The minimum Gasteiger partial charge on any atom is -0.497 e. The van der Waals surface area contributed by atoms with Crippen molar-refractivity contribution in [2.24, 2.45) is 5.92 Å². The third-order valence-corrected chi connectivity index (χ3v) is 2.88. The molecule has 2 N–H and O–H groups in total. The molecule has 5 nitrogen and oxygen atoms in total. The van der Waals surface area contributed by atoms with Crippen molar-refractivity contribution in [3.8, 4) is 5.75 Å². The molecule has 0 fully saturated rings. The summed E-state index contributed by atoms with van der Waals surface area (Å²) in [5.41, 5.74) is -0.0590. The van der Waals surface area contributed by atoms with Gasteiger partial charge in [0.1, 0.15) is 11.6 Å². The van der Waals surface area contributed by atoms with Gasteiger partial charge in [-0.3, -0.25) is 9.59 Å². The first kappa shape index (κ1) is 15.9. The lowest BCUT2D eigenvalue weighted by Crippen LogP contribution is -2.29. The summed E-state index contributed by atoms with van der Waals surface area (Å²) in [6.07, 6.45) is 0.509. The highest BCUT2D eigenvalue weighted by atomic mass is 19.1. The van der Waals surface area contributed by atoms with Crippen molar-refractivity contribution < 1.29 is 23.8 Å². The number of carbonyl (C=O) groups is 2. The maximum Gasteiger partial charge on any atom is 0.303 e. The summed E-state index contributed by atoms with van der Waals surface area (Å²) in [7, 11) is 1.42. The van der Waals surface area contributed by atoms with Crippen LogP contribution in [0.15, 0.2) is 18.2 Å². The van der Waals surface area contributed by atoms with Crippen LogP contribution in [0.4, 0.5) is 4.39 Å². The molecule has 0 aromatic heterocycles. The number of ether oxygens (including phenoxy) is 1. The smallest absolute Gasteiger partial charge is 0.303 e. The minimum atomic E-state index is -0.871. The summed E-state index contributed by atoms with van der Waals surface area (Å²) in [5.74, 6) is -1.69. The second kappa shape index (κ2) is 7.47. The van der Waals surface area contributed by atoms with Crippen LogP contribution in [0.2, 0.25) is 0 Å². The van der Waals surface area contributed by atoms with Crippen molar-refractivity contribution in [2.75, 3.05) is 13.7 Å². The first-order chi connectivity index (χ1) is 9.43. The minimum absolute atomic E-state index is 0.0105. The number of carboxylic acid groups (broad SMARTS) is 1. The molecule has 1 amide bonds. The Morgan fingerprint density at radius 3 is 2.70 bits per heavy atom. The largest absolute Gasteiger partial charge is 0.497 e. The number of aliphatic carboxylic acids is 1. The van der Waals surface area contributed by atoms with Gasteiger partial charge in [0.05, 0.1) is 12.7 Å². The number of hydrogen-bond donors (Lipinski definition) is 2. The number of carbonyl (C=O) groups excluding carboxylic acids is 1. The van der Waals surface area contributed by atoms with Crippen molar-refractivity contribution >= 4 is 11.9 Å². The quantitative estimate of drug-likeness (QED) is 0.803. The maximum atomic E-state index is 13.6. The van der Waals surface area contributed by atoms with E-state index in [-0.39, 0.29) is 17.9 Å². The first-order valence-corrected chi connectivity index (χ1v) is 6.27. The summed E-state index contributed by atoms with van der Waals surface area (Å²) in [5, 5.41) is 11.1. The van der Waals surface area contributed by atoms with Crippen LogP contribution in [0.25, 0.3) is 0 Å². The van der Waals surface area contributed by atoms with Gasteiger partial charge in [-0.05, 0) is 24.5 Å². The second-order valence-corrected chi connectivity index (χ2v) is 4.59. The summed E-state index contributed by atoms with van der Waals surface area (Å²) in [6.45, 7) is 2.13. The molecule has 0 heterocycles. The Kier molecular flexibility index (Phi) is 5.96. The van der Waals surface area contributed by atoms with Crippen LogP contribution in [-0.2, 0) is 4.79 Å². The fourth-order valence-corrected chi connectivity index (χ4v) is 1.64. The zero-order chi connectivity index (χ0) is 15.1. The van der Waals surface area contributed by atoms with Crippen molar-refractivity contribution in [1.82, 2.24) is 5.32 Å². The topological polar surface area (TPSA) is 75.6 Å². The highest BCUT2D eigenvalue weighted by Crippen LogP contribution is 2.16. The van der Waals surface area contributed by atoms with Crippen LogP contribution < -0.4 is 10.1 Å². The van der Waals surface area contributed by atoms with E-state index in [1.54, 1.807) is 0 Å². The maximum absolute atomic E-state index is 13.6. The zero-order valence-electron chi connectivity index (χ0n) is 11.5. The zero-order valence-corrected chi connectivity index (χ0v) is 11.5. The second-order valence-electron chi connectivity index (χ2n) is 4.59. The normalized spacial score (nSPS) is 11.8. The molecule has 1 aromatic rings. The number of benzene rings is 1. The van der Waals surface area contributed by atoms with Gasteiger partial charge in [0.25, 0.3) is 5.91 Å². The molecule has 1 aromatic carbocycles. The van der Waals surface area contributed by atoms with Crippen molar-refractivity contribution in [1.29, 1.82) is 0 Å². The lowest BCUT2D eigenvalue weighted by Gasteiger charge is -2.12. The Morgan fingerprint density at radius 2 is 2.15 bits per heavy atom. The van der Waals surface area contributed by atoms with E-state index >= 15 is 0 Å². The Morgan fingerprint density at radius 1 is 1.45 bits per heavy atom. The van der Waals surface area contributed by atoms with Gasteiger partial charge in [0.2, 0.25) is 0 Å². The van der Waals surface area contributed by atoms with Gasteiger partial charge in [-0.15, -0.1) is 0 Å². The van der Waals surface area contributed by atoms with E-state index in [0.29, 0.717) is 18.7 Å². The number of methoxy groups -OCH3 is 1. The molecular formula is C14H18FNO4. The molecule has 0 spiro atoms. The SMILES string of the molecule is COc1ccc(C(=O)NCC(C)CCC(=O)O)c(F)c1. The third-order valence-electron chi connectivity index (χ3n) is 2.88. The van der Waals surface area contributed by atoms with E-state index in [9.17, 15) is 14.0 Å². The molecular weight excluding hydrogens is 265 g/mol. The standard InChI is InChI=1S/C14H18FNO4/c1-9(3-6-13(17)18)8-16-14(19)11-5-4-10(20-2)7-12(11)15/h4-5,7,9H,3,6,8H2,1-2H3,(H,16,19)(H,17,18). The average molecular weight is 283 g/mol. The molecule has 0 aliphatic rings. The number of halogens is 1. The summed E-state index contributed by atoms with van der Waals surface area (Å²) in [4.78, 5) is 22.2. The highest BCUT2D eigenvalue weighted by molar-refractivity contribution is 5.94. The molecule has 0 saturated carbocycles. The Bertz CT molecular complexity index is 490. The molecule has 1 unspecified atom stereocenters. The number of hydrogen-bond acceptors (Lipinski definition) is 3. The summed E-state index contributed by atoms with van der Waals surface area (Å²) < 4.78 is 18.5. The highest BCUT2D eigenvalue weighted by Gasteiger charge is 2.13. The summed E-state index contributed by atoms with van der Waals surface area (Å²) in [6, 6.07) is 4.00. The molecule has 1 atom stereocenters. The fourth-order valence-electron chi connectivity index (χ4n) is 1.64. The molecule has 1 rings (SSSR count). The summed E-state index contributed by atoms with van der Waals surface area (Å²) >= 11 is 0.